The fourth-order valence-corrected chi connectivity index (χ4v) is 2.53. The summed E-state index contributed by atoms with van der Waals surface area (Å²) in [5, 5.41) is 13.1. The van der Waals surface area contributed by atoms with E-state index in [1.54, 1.807) is 0 Å². The first-order chi connectivity index (χ1) is 12.2. The zero-order chi connectivity index (χ0) is 17.9. The van der Waals surface area contributed by atoms with E-state index >= 15 is 0 Å². The molecule has 0 aliphatic heterocycles. The van der Waals surface area contributed by atoms with Gasteiger partial charge in [0.1, 0.15) is 0 Å². The second-order valence-electron chi connectivity index (χ2n) is 5.76. The summed E-state index contributed by atoms with van der Waals surface area (Å²) < 4.78 is 0. The zero-order valence-electron chi connectivity index (χ0n) is 14.1. The Morgan fingerprint density at radius 3 is 2.40 bits per heavy atom. The van der Waals surface area contributed by atoms with Crippen molar-refractivity contribution in [2.45, 2.75) is 25.7 Å². The number of unbranched alkanes of at least 4 members (excludes halogenated alkanes) is 2. The van der Waals surface area contributed by atoms with Crippen LogP contribution in [0.1, 0.15) is 31.2 Å². The Hall–Kier alpha value is -2.88. The van der Waals surface area contributed by atoms with Gasteiger partial charge in [0.15, 0.2) is 0 Å². The van der Waals surface area contributed by atoms with Crippen molar-refractivity contribution in [3.8, 4) is 11.1 Å². The average Bonchev–Trinajstić information content (AvgIpc) is 2.63. The smallest absolute Gasteiger partial charge is 0.243 e. The summed E-state index contributed by atoms with van der Waals surface area (Å²) in [6, 6.07) is 18.0. The van der Waals surface area contributed by atoms with Crippen LogP contribution in [-0.4, -0.2) is 18.4 Å². The van der Waals surface area contributed by atoms with Gasteiger partial charge in [-0.25, -0.2) is 0 Å². The highest BCUT2D eigenvalue weighted by molar-refractivity contribution is 5.93. The molecular weight excluding hydrogens is 314 g/mol. The van der Waals surface area contributed by atoms with E-state index in [0.717, 1.165) is 29.5 Å². The Balaban J connectivity index is 1.85. The molecule has 0 saturated carbocycles. The van der Waals surface area contributed by atoms with E-state index in [4.69, 9.17) is 0 Å². The summed E-state index contributed by atoms with van der Waals surface area (Å²) in [5.74, 6) is -1.17. The summed E-state index contributed by atoms with van der Waals surface area (Å²) in [4.78, 5) is 22.2. The number of amides is 1. The van der Waals surface area contributed by atoms with E-state index in [1.807, 2.05) is 60.7 Å². The Bertz CT molecular complexity index is 723. The third-order valence-electron chi connectivity index (χ3n) is 3.82. The number of aliphatic carboxylic acids is 1. The number of carboxylic acids is 1. The van der Waals surface area contributed by atoms with Crippen LogP contribution in [0.5, 0.6) is 0 Å². The molecule has 0 aliphatic carbocycles. The van der Waals surface area contributed by atoms with E-state index < -0.39 is 5.97 Å². The Kier molecular flexibility index (Phi) is 7.44. The first-order valence-electron chi connectivity index (χ1n) is 8.47. The molecule has 4 nitrogen and oxygen atoms in total. The largest absolute Gasteiger partial charge is 0.550 e. The van der Waals surface area contributed by atoms with Crippen LogP contribution < -0.4 is 10.4 Å². The lowest BCUT2D eigenvalue weighted by Gasteiger charge is -2.06. The summed E-state index contributed by atoms with van der Waals surface area (Å²) in [6.07, 6.45) is 5.52. The molecule has 0 bridgehead atoms. The van der Waals surface area contributed by atoms with Crippen molar-refractivity contribution in [2.24, 2.45) is 0 Å². The fourth-order valence-electron chi connectivity index (χ4n) is 2.53. The Morgan fingerprint density at radius 2 is 1.64 bits per heavy atom. The van der Waals surface area contributed by atoms with E-state index in [0.29, 0.717) is 13.0 Å². The lowest BCUT2D eigenvalue weighted by molar-refractivity contribution is -0.305. The van der Waals surface area contributed by atoms with Gasteiger partial charge in [0.25, 0.3) is 0 Å². The molecule has 0 spiro atoms. The maximum atomic E-state index is 11.9. The SMILES string of the molecule is O=C([O-])CCCCCNC(=O)/C=C/c1ccccc1-c1ccccc1. The number of rotatable bonds is 9. The van der Waals surface area contributed by atoms with Gasteiger partial charge in [-0.05, 0) is 42.0 Å². The van der Waals surface area contributed by atoms with Crippen LogP contribution in [0.4, 0.5) is 0 Å². The number of hydrogen-bond donors (Lipinski definition) is 1. The highest BCUT2D eigenvalue weighted by atomic mass is 16.4. The summed E-state index contributed by atoms with van der Waals surface area (Å²) in [6.45, 7) is 0.538. The predicted molar refractivity (Wildman–Crippen MR) is 97.4 cm³/mol. The number of benzene rings is 2. The quantitative estimate of drug-likeness (QED) is 0.565. The predicted octanol–water partition coefficient (Wildman–Crippen LogP) is 2.79. The number of hydrogen-bond acceptors (Lipinski definition) is 3. The van der Waals surface area contributed by atoms with Crippen LogP contribution in [0.3, 0.4) is 0 Å². The molecular formula is C21H22NO3-. The molecule has 2 aromatic rings. The third-order valence-corrected chi connectivity index (χ3v) is 3.82. The number of nitrogens with one attached hydrogen (secondary N) is 1. The van der Waals surface area contributed by atoms with Gasteiger partial charge < -0.3 is 15.2 Å². The molecule has 4 heteroatoms. The maximum absolute atomic E-state index is 11.9. The molecule has 130 valence electrons. The average molecular weight is 336 g/mol. The van der Waals surface area contributed by atoms with E-state index in [1.165, 1.54) is 6.08 Å². The minimum atomic E-state index is -1.02. The van der Waals surface area contributed by atoms with Gasteiger partial charge in [-0.2, -0.15) is 0 Å². The van der Waals surface area contributed by atoms with Crippen LogP contribution >= 0.6 is 0 Å². The van der Waals surface area contributed by atoms with E-state index in [2.05, 4.69) is 5.32 Å². The number of carbonyl (C=O) groups is 2. The summed E-state index contributed by atoms with van der Waals surface area (Å²) >= 11 is 0. The third kappa shape index (κ3) is 6.63. The van der Waals surface area contributed by atoms with Gasteiger partial charge >= 0.3 is 0 Å². The van der Waals surface area contributed by atoms with E-state index in [9.17, 15) is 14.7 Å². The normalized spacial score (nSPS) is 10.7. The maximum Gasteiger partial charge on any atom is 0.243 e. The monoisotopic (exact) mass is 336 g/mol. The van der Waals surface area contributed by atoms with Crippen molar-refractivity contribution in [2.75, 3.05) is 6.54 Å². The molecule has 25 heavy (non-hydrogen) atoms. The molecule has 0 atom stereocenters. The molecule has 0 unspecified atom stereocenters. The Labute approximate surface area is 148 Å². The van der Waals surface area contributed by atoms with Crippen molar-refractivity contribution in [1.29, 1.82) is 0 Å². The summed E-state index contributed by atoms with van der Waals surface area (Å²) in [5.41, 5.74) is 3.17. The van der Waals surface area contributed by atoms with Crippen LogP contribution in [0.25, 0.3) is 17.2 Å². The lowest BCUT2D eigenvalue weighted by Crippen LogP contribution is -2.23. The molecule has 0 saturated heterocycles. The zero-order valence-corrected chi connectivity index (χ0v) is 14.1. The van der Waals surface area contributed by atoms with Gasteiger partial charge in [0.2, 0.25) is 5.91 Å². The molecule has 0 aliphatic rings. The standard InChI is InChI=1S/C21H23NO3/c23-20(22-16-8-2-5-13-21(24)25)15-14-18-11-6-7-12-19(18)17-9-3-1-4-10-17/h1,3-4,6-7,9-12,14-15H,2,5,8,13,16H2,(H,22,23)(H,24,25)/p-1/b15-14+. The van der Waals surface area contributed by atoms with Crippen molar-refractivity contribution < 1.29 is 14.7 Å². The molecule has 2 rings (SSSR count). The lowest BCUT2D eigenvalue weighted by atomic mass is 9.99. The van der Waals surface area contributed by atoms with Crippen LogP contribution in [0, 0.1) is 0 Å². The highest BCUT2D eigenvalue weighted by Crippen LogP contribution is 2.24. The fraction of sp³-hybridized carbons (Fsp3) is 0.238. The molecule has 2 aromatic carbocycles. The molecule has 0 aromatic heterocycles. The van der Waals surface area contributed by atoms with E-state index in [-0.39, 0.29) is 12.3 Å². The minimum absolute atomic E-state index is 0.0735. The molecule has 1 amide bonds. The van der Waals surface area contributed by atoms with Gasteiger partial charge in [0, 0.05) is 18.6 Å². The van der Waals surface area contributed by atoms with Crippen LogP contribution in [0.2, 0.25) is 0 Å². The van der Waals surface area contributed by atoms with Gasteiger partial charge in [-0.1, -0.05) is 61.0 Å². The van der Waals surface area contributed by atoms with Gasteiger partial charge in [-0.3, -0.25) is 4.79 Å². The molecule has 1 N–H and O–H groups in total. The highest BCUT2D eigenvalue weighted by Gasteiger charge is 2.02. The van der Waals surface area contributed by atoms with Crippen molar-refractivity contribution in [1.82, 2.24) is 5.32 Å². The molecule has 0 heterocycles. The molecule has 0 radical (unpaired) electrons. The first-order valence-corrected chi connectivity index (χ1v) is 8.47. The van der Waals surface area contributed by atoms with Crippen LogP contribution in [0.15, 0.2) is 60.7 Å². The molecule has 0 fully saturated rings. The van der Waals surface area contributed by atoms with Crippen molar-refractivity contribution >= 4 is 18.0 Å². The number of carbonyl (C=O) groups excluding carboxylic acids is 2. The Morgan fingerprint density at radius 1 is 0.920 bits per heavy atom. The van der Waals surface area contributed by atoms with Gasteiger partial charge in [-0.15, -0.1) is 0 Å². The minimum Gasteiger partial charge on any atom is -0.550 e. The second-order valence-corrected chi connectivity index (χ2v) is 5.76. The van der Waals surface area contributed by atoms with Crippen LogP contribution in [-0.2, 0) is 9.59 Å². The van der Waals surface area contributed by atoms with Crippen molar-refractivity contribution in [3.63, 3.8) is 0 Å². The summed E-state index contributed by atoms with van der Waals surface area (Å²) in [7, 11) is 0. The second kappa shape index (κ2) is 10.1. The first kappa shape index (κ1) is 18.5. The topological polar surface area (TPSA) is 69.2 Å². The van der Waals surface area contributed by atoms with Gasteiger partial charge in [0.05, 0.1) is 0 Å². The number of carboxylic acid groups (broad SMARTS) is 1. The van der Waals surface area contributed by atoms with Crippen molar-refractivity contribution in [3.05, 3.63) is 66.2 Å².